The number of aryl methyl sites for hydroxylation is 1. The first kappa shape index (κ1) is 17.2. The monoisotopic (exact) mass is 381 g/mol. The van der Waals surface area contributed by atoms with E-state index in [2.05, 4.69) is 15.8 Å². The van der Waals surface area contributed by atoms with E-state index in [1.807, 2.05) is 22.7 Å². The summed E-state index contributed by atoms with van der Waals surface area (Å²) in [6.45, 7) is 0. The van der Waals surface area contributed by atoms with Gasteiger partial charge in [-0.2, -0.15) is 0 Å². The third-order valence-corrected chi connectivity index (χ3v) is 5.40. The zero-order valence-corrected chi connectivity index (χ0v) is 15.2. The lowest BCUT2D eigenvalue weighted by Gasteiger charge is -2.01. The predicted octanol–water partition coefficient (Wildman–Crippen LogP) is 4.23. The second kappa shape index (κ2) is 6.81. The molecule has 0 bridgehead atoms. The first-order valence-electron chi connectivity index (χ1n) is 8.27. The van der Waals surface area contributed by atoms with Crippen LogP contribution >= 0.6 is 11.3 Å². The van der Waals surface area contributed by atoms with Gasteiger partial charge in [0.2, 0.25) is 0 Å². The largest absolute Gasteiger partial charge is 0.469 e. The topological polar surface area (TPSA) is 86.7 Å². The van der Waals surface area contributed by atoms with Crippen molar-refractivity contribution in [1.29, 1.82) is 0 Å². The molecule has 2 aromatic heterocycles. The van der Waals surface area contributed by atoms with Crippen LogP contribution in [-0.2, 0) is 16.0 Å². The highest BCUT2D eigenvalue weighted by Gasteiger charge is 2.12. The van der Waals surface area contributed by atoms with Crippen LogP contribution in [0.3, 0.4) is 0 Å². The molecule has 4 rings (SSSR count). The van der Waals surface area contributed by atoms with Gasteiger partial charge in [-0.1, -0.05) is 17.4 Å². The average molecular weight is 381 g/mol. The van der Waals surface area contributed by atoms with Gasteiger partial charge in [0.15, 0.2) is 4.96 Å². The van der Waals surface area contributed by atoms with Crippen molar-refractivity contribution in [2.45, 2.75) is 12.8 Å². The minimum absolute atomic E-state index is 0.0599. The van der Waals surface area contributed by atoms with Gasteiger partial charge in [0.05, 0.1) is 27.9 Å². The number of aromatic nitrogens is 2. The Labute approximate surface area is 158 Å². The number of non-ortho nitro benzene ring substituents is 1. The fraction of sp³-hybridized carbons (Fsp3) is 0.158. The van der Waals surface area contributed by atoms with Crippen molar-refractivity contribution < 1.29 is 14.5 Å². The maximum Gasteiger partial charge on any atom is 0.305 e. The molecule has 0 spiro atoms. The highest BCUT2D eigenvalue weighted by atomic mass is 32.1. The second-order valence-electron chi connectivity index (χ2n) is 6.06. The Balaban J connectivity index is 1.65. The van der Waals surface area contributed by atoms with Crippen molar-refractivity contribution in [2.24, 2.45) is 0 Å². The molecule has 2 heterocycles. The summed E-state index contributed by atoms with van der Waals surface area (Å²) in [5.41, 5.74) is 3.78. The number of rotatable bonds is 5. The normalized spacial score (nSPS) is 11.1. The Morgan fingerprint density at radius 3 is 2.74 bits per heavy atom. The minimum Gasteiger partial charge on any atom is -0.469 e. The number of thiazole rings is 1. The van der Waals surface area contributed by atoms with E-state index in [4.69, 9.17) is 0 Å². The van der Waals surface area contributed by atoms with Gasteiger partial charge >= 0.3 is 5.97 Å². The molecule has 0 N–H and O–H groups in total. The lowest BCUT2D eigenvalue weighted by atomic mass is 10.1. The van der Waals surface area contributed by atoms with Crippen LogP contribution in [0.25, 0.3) is 26.4 Å². The third-order valence-electron chi connectivity index (χ3n) is 4.38. The fourth-order valence-electron chi connectivity index (χ4n) is 2.94. The Bertz CT molecular complexity index is 1160. The standard InChI is InChI=1S/C19H15N3O4S/c1-26-18(23)9-3-12-2-8-16-17(10-12)27-19-20-15(11-21(16)19)13-4-6-14(7-5-13)22(24)25/h2,4-8,10-11H,3,9H2,1H3. The Morgan fingerprint density at radius 1 is 1.26 bits per heavy atom. The van der Waals surface area contributed by atoms with Crippen LogP contribution in [0.2, 0.25) is 0 Å². The smallest absolute Gasteiger partial charge is 0.305 e. The van der Waals surface area contributed by atoms with Crippen molar-refractivity contribution in [1.82, 2.24) is 9.38 Å². The number of ether oxygens (including phenoxy) is 1. The molecule has 8 heteroatoms. The van der Waals surface area contributed by atoms with Crippen LogP contribution in [0.5, 0.6) is 0 Å². The Morgan fingerprint density at radius 2 is 2.04 bits per heavy atom. The number of methoxy groups -OCH3 is 1. The van der Waals surface area contributed by atoms with Crippen LogP contribution in [0.4, 0.5) is 5.69 Å². The molecule has 0 saturated heterocycles. The molecule has 0 aliphatic rings. The van der Waals surface area contributed by atoms with Gasteiger partial charge < -0.3 is 4.74 Å². The molecule has 4 aromatic rings. The predicted molar refractivity (Wildman–Crippen MR) is 103 cm³/mol. The van der Waals surface area contributed by atoms with Gasteiger partial charge in [-0.25, -0.2) is 4.98 Å². The molecule has 0 aliphatic heterocycles. The van der Waals surface area contributed by atoms with Gasteiger partial charge in [0.1, 0.15) is 0 Å². The van der Waals surface area contributed by atoms with E-state index >= 15 is 0 Å². The summed E-state index contributed by atoms with van der Waals surface area (Å²) in [5.74, 6) is -0.219. The molecule has 0 unspecified atom stereocenters. The quantitative estimate of drug-likeness (QED) is 0.293. The van der Waals surface area contributed by atoms with Crippen molar-refractivity contribution in [2.75, 3.05) is 7.11 Å². The lowest BCUT2D eigenvalue weighted by molar-refractivity contribution is -0.384. The number of fused-ring (bicyclic) bond motifs is 3. The van der Waals surface area contributed by atoms with Crippen LogP contribution in [0.15, 0.2) is 48.7 Å². The molecule has 2 aromatic carbocycles. The first-order chi connectivity index (χ1) is 13.0. The third kappa shape index (κ3) is 3.26. The number of carbonyl (C=O) groups excluding carboxylic acids is 1. The first-order valence-corrected chi connectivity index (χ1v) is 9.09. The molecule has 27 heavy (non-hydrogen) atoms. The number of carbonyl (C=O) groups is 1. The fourth-order valence-corrected chi connectivity index (χ4v) is 4.01. The summed E-state index contributed by atoms with van der Waals surface area (Å²) in [7, 11) is 1.39. The lowest BCUT2D eigenvalue weighted by Crippen LogP contribution is -2.01. The summed E-state index contributed by atoms with van der Waals surface area (Å²) in [6, 6.07) is 12.5. The van der Waals surface area contributed by atoms with E-state index in [0.29, 0.717) is 12.8 Å². The molecule has 0 amide bonds. The number of hydrogen-bond donors (Lipinski definition) is 0. The van der Waals surface area contributed by atoms with E-state index in [1.54, 1.807) is 23.5 Å². The number of imidazole rings is 1. The van der Waals surface area contributed by atoms with E-state index in [0.717, 1.165) is 32.0 Å². The zero-order valence-electron chi connectivity index (χ0n) is 14.4. The maximum atomic E-state index is 11.3. The highest BCUT2D eigenvalue weighted by Crippen LogP contribution is 2.31. The average Bonchev–Trinajstić information content (AvgIpc) is 3.23. The molecule has 0 atom stereocenters. The van der Waals surface area contributed by atoms with Crippen molar-refractivity contribution >= 4 is 38.2 Å². The number of nitrogens with zero attached hydrogens (tertiary/aromatic N) is 3. The van der Waals surface area contributed by atoms with Gasteiger partial charge in [-0.15, -0.1) is 0 Å². The Kier molecular flexibility index (Phi) is 4.33. The molecule has 0 aliphatic carbocycles. The summed E-state index contributed by atoms with van der Waals surface area (Å²) >= 11 is 1.57. The van der Waals surface area contributed by atoms with Crippen LogP contribution in [-0.4, -0.2) is 27.4 Å². The molecule has 0 radical (unpaired) electrons. The molecular formula is C19H15N3O4S. The van der Waals surface area contributed by atoms with Crippen molar-refractivity contribution in [3.05, 3.63) is 64.3 Å². The van der Waals surface area contributed by atoms with Gasteiger partial charge in [-0.05, 0) is 36.2 Å². The number of esters is 1. The summed E-state index contributed by atoms with van der Waals surface area (Å²) in [6.07, 6.45) is 2.93. The summed E-state index contributed by atoms with van der Waals surface area (Å²) < 4.78 is 7.79. The molecular weight excluding hydrogens is 366 g/mol. The van der Waals surface area contributed by atoms with Gasteiger partial charge in [0, 0.05) is 30.3 Å². The molecule has 0 saturated carbocycles. The van der Waals surface area contributed by atoms with Crippen LogP contribution < -0.4 is 0 Å². The number of nitro benzene ring substituents is 1. The van der Waals surface area contributed by atoms with E-state index < -0.39 is 4.92 Å². The summed E-state index contributed by atoms with van der Waals surface area (Å²) in [4.78, 5) is 27.2. The molecule has 0 fully saturated rings. The van der Waals surface area contributed by atoms with Gasteiger partial charge in [-0.3, -0.25) is 19.3 Å². The maximum absolute atomic E-state index is 11.3. The van der Waals surface area contributed by atoms with E-state index in [9.17, 15) is 14.9 Å². The second-order valence-corrected chi connectivity index (χ2v) is 7.07. The van der Waals surface area contributed by atoms with E-state index in [-0.39, 0.29) is 11.7 Å². The van der Waals surface area contributed by atoms with Crippen molar-refractivity contribution in [3.8, 4) is 11.3 Å². The van der Waals surface area contributed by atoms with Crippen LogP contribution in [0.1, 0.15) is 12.0 Å². The zero-order chi connectivity index (χ0) is 19.0. The minimum atomic E-state index is -0.416. The van der Waals surface area contributed by atoms with Crippen LogP contribution in [0, 0.1) is 10.1 Å². The molecule has 7 nitrogen and oxygen atoms in total. The number of hydrogen-bond acceptors (Lipinski definition) is 6. The van der Waals surface area contributed by atoms with E-state index in [1.165, 1.54) is 19.2 Å². The Hall–Kier alpha value is -3.26. The SMILES string of the molecule is COC(=O)CCc1ccc2c(c1)sc1nc(-c3ccc([N+](=O)[O-])cc3)cn12. The van der Waals surface area contributed by atoms with Crippen molar-refractivity contribution in [3.63, 3.8) is 0 Å². The summed E-state index contributed by atoms with van der Waals surface area (Å²) in [5, 5.41) is 10.8. The highest BCUT2D eigenvalue weighted by molar-refractivity contribution is 7.23. The number of nitro groups is 1. The molecule has 136 valence electrons. The van der Waals surface area contributed by atoms with Gasteiger partial charge in [0.25, 0.3) is 5.69 Å². The number of benzene rings is 2.